The van der Waals surface area contributed by atoms with Crippen LogP contribution in [-0.2, 0) is 0 Å². The summed E-state index contributed by atoms with van der Waals surface area (Å²) in [5.74, 6) is 0.574. The second kappa shape index (κ2) is 5.29. The maximum absolute atomic E-state index is 9.24. The largest absolute Gasteiger partial charge is 0.339 e. The van der Waals surface area contributed by atoms with E-state index < -0.39 is 0 Å². The van der Waals surface area contributed by atoms with Crippen molar-refractivity contribution in [1.82, 2.24) is 4.98 Å². The highest BCUT2D eigenvalue weighted by Gasteiger charge is 2.10. The fourth-order valence-corrected chi connectivity index (χ4v) is 2.11. The van der Waals surface area contributed by atoms with Crippen molar-refractivity contribution < 1.29 is 0 Å². The van der Waals surface area contributed by atoms with Gasteiger partial charge in [0.25, 0.3) is 0 Å². The molecule has 0 aliphatic carbocycles. The molecule has 0 spiro atoms. The average Bonchev–Trinajstić information content (AvgIpc) is 2.34. The molecule has 1 N–H and O–H groups in total. The van der Waals surface area contributed by atoms with Gasteiger partial charge >= 0.3 is 0 Å². The summed E-state index contributed by atoms with van der Waals surface area (Å²) in [6.45, 7) is 5.74. The molecule has 0 unspecified atom stereocenters. The summed E-state index contributed by atoms with van der Waals surface area (Å²) in [7, 11) is 0. The van der Waals surface area contributed by atoms with Crippen LogP contribution in [0.5, 0.6) is 0 Å². The Kier molecular flexibility index (Phi) is 3.73. The van der Waals surface area contributed by atoms with Crippen molar-refractivity contribution in [2.24, 2.45) is 0 Å². The number of hydrogen-bond donors (Lipinski definition) is 1. The van der Waals surface area contributed by atoms with Crippen LogP contribution in [0.3, 0.4) is 0 Å². The van der Waals surface area contributed by atoms with Crippen LogP contribution >= 0.6 is 11.6 Å². The lowest BCUT2D eigenvalue weighted by Gasteiger charge is -2.13. The fourth-order valence-electron chi connectivity index (χ4n) is 1.94. The Morgan fingerprint density at radius 2 is 2.00 bits per heavy atom. The summed E-state index contributed by atoms with van der Waals surface area (Å²) in [5.41, 5.74) is 4.15. The lowest BCUT2D eigenvalue weighted by atomic mass is 10.1. The van der Waals surface area contributed by atoms with Gasteiger partial charge in [0.1, 0.15) is 11.9 Å². The molecule has 1 aromatic carbocycles. The molecule has 0 amide bonds. The van der Waals surface area contributed by atoms with E-state index in [1.54, 1.807) is 0 Å². The van der Waals surface area contributed by atoms with Gasteiger partial charge in [0.2, 0.25) is 0 Å². The summed E-state index contributed by atoms with van der Waals surface area (Å²) in [6.07, 6.45) is 0. The molecule has 3 nitrogen and oxygen atoms in total. The Bertz CT molecular complexity index is 672. The van der Waals surface area contributed by atoms with Crippen LogP contribution in [0.2, 0.25) is 5.02 Å². The first-order chi connectivity index (χ1) is 9.02. The van der Waals surface area contributed by atoms with Crippen molar-refractivity contribution >= 4 is 23.1 Å². The predicted octanol–water partition coefficient (Wildman–Crippen LogP) is 4.28. The van der Waals surface area contributed by atoms with Crippen LogP contribution in [0.1, 0.15) is 22.4 Å². The van der Waals surface area contributed by atoms with Crippen LogP contribution < -0.4 is 5.32 Å². The number of pyridine rings is 1. The van der Waals surface area contributed by atoms with Gasteiger partial charge in [-0.15, -0.1) is 0 Å². The number of aromatic nitrogens is 1. The summed E-state index contributed by atoms with van der Waals surface area (Å²) in [5, 5.41) is 13.1. The first-order valence-electron chi connectivity index (χ1n) is 5.93. The Balaban J connectivity index is 2.50. The van der Waals surface area contributed by atoms with E-state index in [-0.39, 0.29) is 0 Å². The number of hydrogen-bond acceptors (Lipinski definition) is 3. The number of nitrogens with zero attached hydrogens (tertiary/aromatic N) is 2. The fraction of sp³-hybridized carbons (Fsp3) is 0.200. The molecule has 0 fully saturated rings. The first kappa shape index (κ1) is 13.4. The van der Waals surface area contributed by atoms with E-state index in [1.807, 2.05) is 45.0 Å². The number of anilines is 2. The van der Waals surface area contributed by atoms with Crippen molar-refractivity contribution in [1.29, 1.82) is 5.26 Å². The number of nitriles is 1. The van der Waals surface area contributed by atoms with E-state index in [4.69, 9.17) is 11.6 Å². The number of benzene rings is 1. The van der Waals surface area contributed by atoms with Crippen LogP contribution in [0.25, 0.3) is 0 Å². The van der Waals surface area contributed by atoms with Crippen molar-refractivity contribution in [3.05, 3.63) is 51.7 Å². The SMILES string of the molecule is Cc1cc(C)c(C#N)c(Nc2cccc(Cl)c2C)n1. The van der Waals surface area contributed by atoms with E-state index in [2.05, 4.69) is 16.4 Å². The molecule has 1 heterocycles. The van der Waals surface area contributed by atoms with Gasteiger partial charge < -0.3 is 5.32 Å². The van der Waals surface area contributed by atoms with E-state index in [9.17, 15) is 5.26 Å². The van der Waals surface area contributed by atoms with Crippen LogP contribution in [0.4, 0.5) is 11.5 Å². The zero-order valence-corrected chi connectivity index (χ0v) is 11.8. The van der Waals surface area contributed by atoms with Gasteiger partial charge in [-0.05, 0) is 50.1 Å². The van der Waals surface area contributed by atoms with Gasteiger partial charge in [0.05, 0.1) is 5.56 Å². The zero-order valence-electron chi connectivity index (χ0n) is 11.1. The van der Waals surface area contributed by atoms with Gasteiger partial charge in [-0.1, -0.05) is 17.7 Å². The van der Waals surface area contributed by atoms with Crippen molar-refractivity contribution in [3.8, 4) is 6.07 Å². The van der Waals surface area contributed by atoms with E-state index >= 15 is 0 Å². The van der Waals surface area contributed by atoms with Gasteiger partial charge in [0, 0.05) is 16.4 Å². The summed E-state index contributed by atoms with van der Waals surface area (Å²) < 4.78 is 0. The van der Waals surface area contributed by atoms with Crippen molar-refractivity contribution in [2.75, 3.05) is 5.32 Å². The molecule has 1 aromatic heterocycles. The van der Waals surface area contributed by atoms with Gasteiger partial charge in [-0.2, -0.15) is 5.26 Å². The highest BCUT2D eigenvalue weighted by Crippen LogP contribution is 2.27. The Hall–Kier alpha value is -2.05. The van der Waals surface area contributed by atoms with Crippen molar-refractivity contribution in [2.45, 2.75) is 20.8 Å². The van der Waals surface area contributed by atoms with Gasteiger partial charge in [0.15, 0.2) is 0 Å². The quantitative estimate of drug-likeness (QED) is 0.887. The summed E-state index contributed by atoms with van der Waals surface area (Å²) in [6, 6.07) is 9.71. The minimum atomic E-state index is 0.560. The Labute approximate surface area is 117 Å². The molecule has 0 bridgehead atoms. The molecule has 19 heavy (non-hydrogen) atoms. The third-order valence-electron chi connectivity index (χ3n) is 2.98. The number of rotatable bonds is 2. The zero-order chi connectivity index (χ0) is 14.0. The molecular weight excluding hydrogens is 258 g/mol. The maximum atomic E-state index is 9.24. The molecule has 0 saturated carbocycles. The molecule has 0 radical (unpaired) electrons. The predicted molar refractivity (Wildman–Crippen MR) is 77.9 cm³/mol. The second-order valence-electron chi connectivity index (χ2n) is 4.45. The minimum Gasteiger partial charge on any atom is -0.339 e. The Morgan fingerprint density at radius 3 is 2.68 bits per heavy atom. The van der Waals surface area contributed by atoms with Crippen molar-refractivity contribution in [3.63, 3.8) is 0 Å². The summed E-state index contributed by atoms with van der Waals surface area (Å²) in [4.78, 5) is 4.39. The second-order valence-corrected chi connectivity index (χ2v) is 4.86. The van der Waals surface area contributed by atoms with Gasteiger partial charge in [-0.3, -0.25) is 0 Å². The monoisotopic (exact) mass is 271 g/mol. The molecular formula is C15H14ClN3. The highest BCUT2D eigenvalue weighted by atomic mass is 35.5. The van der Waals surface area contributed by atoms with Crippen LogP contribution in [0.15, 0.2) is 24.3 Å². The van der Waals surface area contributed by atoms with Crippen LogP contribution in [0, 0.1) is 32.1 Å². The van der Waals surface area contributed by atoms with E-state index in [0.29, 0.717) is 16.4 Å². The summed E-state index contributed by atoms with van der Waals surface area (Å²) >= 11 is 6.09. The first-order valence-corrected chi connectivity index (χ1v) is 6.31. The van der Waals surface area contributed by atoms with E-state index in [0.717, 1.165) is 22.5 Å². The third-order valence-corrected chi connectivity index (χ3v) is 3.39. The van der Waals surface area contributed by atoms with Crippen LogP contribution in [-0.4, -0.2) is 4.98 Å². The molecule has 0 aliphatic rings. The topological polar surface area (TPSA) is 48.7 Å². The highest BCUT2D eigenvalue weighted by molar-refractivity contribution is 6.31. The maximum Gasteiger partial charge on any atom is 0.148 e. The molecule has 2 aromatic rings. The number of aryl methyl sites for hydroxylation is 2. The minimum absolute atomic E-state index is 0.560. The number of halogens is 1. The lowest BCUT2D eigenvalue weighted by molar-refractivity contribution is 1.16. The molecule has 4 heteroatoms. The standard InChI is InChI=1S/C15H14ClN3/c1-9-7-10(2)18-15(12(9)8-17)19-14-6-4-5-13(16)11(14)3/h4-7H,1-3H3,(H,18,19). The van der Waals surface area contributed by atoms with E-state index in [1.165, 1.54) is 0 Å². The molecule has 96 valence electrons. The molecule has 0 atom stereocenters. The lowest BCUT2D eigenvalue weighted by Crippen LogP contribution is -2.02. The molecule has 0 saturated heterocycles. The third kappa shape index (κ3) is 2.69. The Morgan fingerprint density at radius 1 is 1.26 bits per heavy atom. The van der Waals surface area contributed by atoms with Gasteiger partial charge in [-0.25, -0.2) is 4.98 Å². The molecule has 0 aliphatic heterocycles. The smallest absolute Gasteiger partial charge is 0.148 e. The molecule has 2 rings (SSSR count). The average molecular weight is 272 g/mol. The normalized spacial score (nSPS) is 10.1. The number of nitrogens with one attached hydrogen (secondary N) is 1.